The lowest BCUT2D eigenvalue weighted by Crippen LogP contribution is -2.32. The zero-order chi connectivity index (χ0) is 14.3. The summed E-state index contributed by atoms with van der Waals surface area (Å²) in [4.78, 5) is 15.3. The number of carbonyl (C=O) groups is 1. The summed E-state index contributed by atoms with van der Waals surface area (Å²) < 4.78 is 5.10. The number of amides is 1. The first-order valence-corrected chi connectivity index (χ1v) is 6.12. The molecule has 6 heteroatoms. The summed E-state index contributed by atoms with van der Waals surface area (Å²) in [7, 11) is 0. The van der Waals surface area contributed by atoms with Gasteiger partial charge in [0.1, 0.15) is 5.60 Å². The van der Waals surface area contributed by atoms with E-state index in [0.717, 1.165) is 5.57 Å². The number of nitrogens with two attached hydrogens (primary N) is 1. The minimum absolute atomic E-state index is 0.0235. The van der Waals surface area contributed by atoms with Crippen molar-refractivity contribution in [2.75, 3.05) is 6.54 Å². The Hall–Kier alpha value is -1.23. The molecule has 0 rings (SSSR count). The molecule has 0 spiro atoms. The number of hydrogen-bond donors (Lipinski definition) is 2. The fraction of sp³-hybridized carbons (Fsp3) is 0.667. The fourth-order valence-electron chi connectivity index (χ4n) is 1.07. The smallest absolute Gasteiger partial charge is 0.407 e. The van der Waals surface area contributed by atoms with Crippen molar-refractivity contribution >= 4 is 23.0 Å². The third-order valence-corrected chi connectivity index (χ3v) is 2.14. The van der Waals surface area contributed by atoms with Gasteiger partial charge in [-0.05, 0) is 46.2 Å². The molecule has 0 saturated heterocycles. The van der Waals surface area contributed by atoms with Gasteiger partial charge in [-0.3, -0.25) is 4.99 Å². The number of rotatable bonds is 4. The number of nitrogens with zero attached hydrogens (tertiary/aromatic N) is 1. The van der Waals surface area contributed by atoms with Crippen LogP contribution < -0.4 is 11.1 Å². The van der Waals surface area contributed by atoms with Gasteiger partial charge in [0.25, 0.3) is 0 Å². The van der Waals surface area contributed by atoms with Crippen molar-refractivity contribution < 1.29 is 9.53 Å². The Morgan fingerprint density at radius 3 is 2.56 bits per heavy atom. The topological polar surface area (TPSA) is 76.7 Å². The van der Waals surface area contributed by atoms with E-state index in [-0.39, 0.29) is 11.3 Å². The van der Waals surface area contributed by atoms with Crippen LogP contribution in [0.15, 0.2) is 16.6 Å². The van der Waals surface area contributed by atoms with Crippen molar-refractivity contribution in [3.05, 3.63) is 11.6 Å². The molecule has 0 aliphatic carbocycles. The Kier molecular flexibility index (Phi) is 6.76. The second kappa shape index (κ2) is 7.26. The average molecular weight is 276 g/mol. The molecule has 5 nitrogen and oxygen atoms in total. The number of halogens is 1. The van der Waals surface area contributed by atoms with Crippen LogP contribution in [-0.2, 0) is 4.74 Å². The highest BCUT2D eigenvalue weighted by Gasteiger charge is 2.15. The first-order chi connectivity index (χ1) is 8.11. The zero-order valence-electron chi connectivity index (χ0n) is 11.6. The van der Waals surface area contributed by atoms with E-state index in [4.69, 9.17) is 22.1 Å². The Bertz CT molecular complexity index is 342. The second-order valence-electron chi connectivity index (χ2n) is 4.96. The average Bonchev–Trinajstić information content (AvgIpc) is 2.13. The maximum absolute atomic E-state index is 11.4. The SMILES string of the molecule is C/C(=C\CNC(=O)OC(C)(C)C)[C@H](C)N=C(N)Cl. The first kappa shape index (κ1) is 16.8. The Morgan fingerprint density at radius 1 is 1.56 bits per heavy atom. The van der Waals surface area contributed by atoms with Crippen LogP contribution in [0.3, 0.4) is 0 Å². The van der Waals surface area contributed by atoms with Crippen LogP contribution in [0.25, 0.3) is 0 Å². The summed E-state index contributed by atoms with van der Waals surface area (Å²) in [6.45, 7) is 9.58. The lowest BCUT2D eigenvalue weighted by atomic mass is 10.1. The van der Waals surface area contributed by atoms with E-state index in [1.54, 1.807) is 0 Å². The molecule has 0 radical (unpaired) electrons. The molecule has 0 aromatic heterocycles. The van der Waals surface area contributed by atoms with Crippen molar-refractivity contribution in [1.82, 2.24) is 5.32 Å². The van der Waals surface area contributed by atoms with Crippen molar-refractivity contribution in [3.8, 4) is 0 Å². The summed E-state index contributed by atoms with van der Waals surface area (Å²) in [5, 5.41) is 2.65. The quantitative estimate of drug-likeness (QED) is 0.358. The summed E-state index contributed by atoms with van der Waals surface area (Å²) >= 11 is 5.48. The number of hydrogen-bond acceptors (Lipinski definition) is 3. The van der Waals surface area contributed by atoms with E-state index in [1.165, 1.54) is 0 Å². The zero-order valence-corrected chi connectivity index (χ0v) is 12.3. The molecule has 0 aliphatic heterocycles. The van der Waals surface area contributed by atoms with E-state index >= 15 is 0 Å². The van der Waals surface area contributed by atoms with E-state index in [9.17, 15) is 4.79 Å². The monoisotopic (exact) mass is 275 g/mol. The second-order valence-corrected chi connectivity index (χ2v) is 5.35. The molecule has 18 heavy (non-hydrogen) atoms. The van der Waals surface area contributed by atoms with Crippen molar-refractivity contribution in [2.45, 2.75) is 46.3 Å². The molecule has 0 unspecified atom stereocenters. The molecular formula is C12H22ClN3O2. The first-order valence-electron chi connectivity index (χ1n) is 5.74. The van der Waals surface area contributed by atoms with Gasteiger partial charge >= 0.3 is 6.09 Å². The van der Waals surface area contributed by atoms with Gasteiger partial charge in [-0.15, -0.1) is 0 Å². The van der Waals surface area contributed by atoms with Crippen molar-refractivity contribution in [3.63, 3.8) is 0 Å². The van der Waals surface area contributed by atoms with Gasteiger partial charge in [0.15, 0.2) is 5.29 Å². The largest absolute Gasteiger partial charge is 0.444 e. The van der Waals surface area contributed by atoms with Crippen LogP contribution in [0.4, 0.5) is 4.79 Å². The minimum atomic E-state index is -0.493. The molecule has 0 heterocycles. The Morgan fingerprint density at radius 2 is 2.11 bits per heavy atom. The minimum Gasteiger partial charge on any atom is -0.444 e. The van der Waals surface area contributed by atoms with Crippen LogP contribution in [-0.4, -0.2) is 29.6 Å². The predicted molar refractivity (Wildman–Crippen MR) is 74.9 cm³/mol. The Balaban J connectivity index is 4.17. The molecular weight excluding hydrogens is 254 g/mol. The van der Waals surface area contributed by atoms with E-state index < -0.39 is 11.7 Å². The van der Waals surface area contributed by atoms with Crippen LogP contribution in [0.2, 0.25) is 0 Å². The third-order valence-electron chi connectivity index (χ3n) is 2.05. The van der Waals surface area contributed by atoms with Gasteiger partial charge in [-0.2, -0.15) is 0 Å². The summed E-state index contributed by atoms with van der Waals surface area (Å²) in [5.41, 5.74) is 5.75. The lowest BCUT2D eigenvalue weighted by Gasteiger charge is -2.19. The lowest BCUT2D eigenvalue weighted by molar-refractivity contribution is 0.0534. The standard InChI is InChI=1S/C12H22ClN3O2/c1-8(9(2)16-10(13)14)6-7-15-11(17)18-12(3,4)5/h6,9H,7H2,1-5H3,(H2,14,16)(H,15,17)/b8-6+/t9-/m0/s1. The van der Waals surface area contributed by atoms with Gasteiger partial charge < -0.3 is 15.8 Å². The van der Waals surface area contributed by atoms with Crippen molar-refractivity contribution in [2.24, 2.45) is 10.7 Å². The fourth-order valence-corrected chi connectivity index (χ4v) is 1.21. The Labute approximate surface area is 113 Å². The molecule has 3 N–H and O–H groups in total. The molecule has 0 aliphatic rings. The van der Waals surface area contributed by atoms with Crippen LogP contribution in [0.5, 0.6) is 0 Å². The molecule has 0 fully saturated rings. The van der Waals surface area contributed by atoms with Crippen LogP contribution in [0, 0.1) is 0 Å². The number of amidine groups is 1. The number of alkyl carbamates (subject to hydrolysis) is 1. The molecule has 1 amide bonds. The summed E-state index contributed by atoms with van der Waals surface area (Å²) in [6, 6.07) is -0.108. The van der Waals surface area contributed by atoms with Crippen LogP contribution in [0.1, 0.15) is 34.6 Å². The summed E-state index contributed by atoms with van der Waals surface area (Å²) in [6.07, 6.45) is 1.40. The highest BCUT2D eigenvalue weighted by Crippen LogP contribution is 2.07. The van der Waals surface area contributed by atoms with Gasteiger partial charge in [0, 0.05) is 6.54 Å². The highest BCUT2D eigenvalue weighted by atomic mass is 35.5. The molecule has 1 atom stereocenters. The van der Waals surface area contributed by atoms with E-state index in [2.05, 4.69) is 10.3 Å². The molecule has 0 bridgehead atoms. The number of nitrogens with one attached hydrogen (secondary N) is 1. The van der Waals surface area contributed by atoms with Crippen molar-refractivity contribution in [1.29, 1.82) is 0 Å². The molecule has 0 aromatic carbocycles. The van der Waals surface area contributed by atoms with Gasteiger partial charge in [0.2, 0.25) is 0 Å². The van der Waals surface area contributed by atoms with E-state index in [0.29, 0.717) is 6.54 Å². The molecule has 104 valence electrons. The molecule has 0 saturated carbocycles. The van der Waals surface area contributed by atoms with Gasteiger partial charge in [-0.1, -0.05) is 11.6 Å². The molecule has 0 aromatic rings. The number of aliphatic imine (C=N–C) groups is 1. The highest BCUT2D eigenvalue weighted by molar-refractivity contribution is 6.64. The van der Waals surface area contributed by atoms with E-state index in [1.807, 2.05) is 40.7 Å². The van der Waals surface area contributed by atoms with Gasteiger partial charge in [0.05, 0.1) is 6.04 Å². The van der Waals surface area contributed by atoms with Gasteiger partial charge in [-0.25, -0.2) is 4.79 Å². The third kappa shape index (κ3) is 8.87. The maximum Gasteiger partial charge on any atom is 0.407 e. The predicted octanol–water partition coefficient (Wildman–Crippen LogP) is 2.40. The normalized spacial score (nSPS) is 15.2. The van der Waals surface area contributed by atoms with Crippen LogP contribution >= 0.6 is 11.6 Å². The number of carbonyl (C=O) groups excluding carboxylic acids is 1. The number of ether oxygens (including phenoxy) is 1. The maximum atomic E-state index is 11.4. The summed E-state index contributed by atoms with van der Waals surface area (Å²) in [5.74, 6) is 0.